The summed E-state index contributed by atoms with van der Waals surface area (Å²) < 4.78 is 160. The highest BCUT2D eigenvalue weighted by atomic mass is 35.5. The van der Waals surface area contributed by atoms with Crippen LogP contribution >= 0.6 is 23.4 Å². The minimum Gasteiger partial charge on any atom is -0.320 e. The zero-order valence-corrected chi connectivity index (χ0v) is 19.4. The SMILES string of the molecule is O=C(Nc1c(Cl)cc(C(F)(C(F)(F)F)C(F)(F)C(F)(F)F)cc1SC(F)(F)F)c1ccc2cccnc2c1. The number of alkyl halides is 12. The summed E-state index contributed by atoms with van der Waals surface area (Å²) >= 11 is 4.31. The fourth-order valence-electron chi connectivity index (χ4n) is 3.22. The Kier molecular flexibility index (Phi) is 7.57. The Labute approximate surface area is 213 Å². The van der Waals surface area contributed by atoms with Gasteiger partial charge < -0.3 is 5.32 Å². The average Bonchev–Trinajstić information content (AvgIpc) is 2.77. The first-order chi connectivity index (χ1) is 17.2. The van der Waals surface area contributed by atoms with Crippen molar-refractivity contribution >= 4 is 45.9 Å². The van der Waals surface area contributed by atoms with Gasteiger partial charge in [0, 0.05) is 27.6 Å². The number of nitrogens with one attached hydrogen (secondary N) is 1. The molecule has 0 fully saturated rings. The van der Waals surface area contributed by atoms with Crippen LogP contribution in [0, 0.1) is 0 Å². The summed E-state index contributed by atoms with van der Waals surface area (Å²) in [5.74, 6) is -8.36. The van der Waals surface area contributed by atoms with Crippen molar-refractivity contribution in [1.82, 2.24) is 4.98 Å². The fourth-order valence-corrected chi connectivity index (χ4v) is 4.24. The number of rotatable bonds is 5. The third-order valence-electron chi connectivity index (χ3n) is 4.96. The first kappa shape index (κ1) is 29.7. The van der Waals surface area contributed by atoms with Crippen LogP contribution in [0.2, 0.25) is 5.02 Å². The van der Waals surface area contributed by atoms with Crippen LogP contribution in [-0.4, -0.2) is 34.7 Å². The predicted octanol–water partition coefficient (Wildman–Crippen LogP) is 8.68. The molecule has 0 radical (unpaired) electrons. The summed E-state index contributed by atoms with van der Waals surface area (Å²) in [6.45, 7) is 0. The molecule has 0 saturated heterocycles. The van der Waals surface area contributed by atoms with E-state index in [9.17, 15) is 57.5 Å². The maximum Gasteiger partial charge on any atom is 0.457 e. The molecule has 3 nitrogen and oxygen atoms in total. The van der Waals surface area contributed by atoms with Crippen molar-refractivity contribution in [3.63, 3.8) is 0 Å². The van der Waals surface area contributed by atoms with Gasteiger partial charge in [-0.15, -0.1) is 0 Å². The standard InChI is InChI=1S/C21H9ClF12N2OS/c22-12-7-11(17(23,19(26,27)28)18(24,25)20(29,30)31)8-14(38-21(32,33)34)15(12)36-16(37)10-4-3-9-2-1-5-35-13(9)6-10/h1-8H,(H,36,37). The Morgan fingerprint density at radius 2 is 1.47 bits per heavy atom. The molecule has 1 aromatic heterocycles. The van der Waals surface area contributed by atoms with E-state index in [0.717, 1.165) is 0 Å². The lowest BCUT2D eigenvalue weighted by Gasteiger charge is -2.36. The number of carbonyl (C=O) groups excluding carboxylic acids is 1. The molecular weight excluding hydrogens is 592 g/mol. The second-order valence-corrected chi connectivity index (χ2v) is 8.99. The molecule has 1 heterocycles. The van der Waals surface area contributed by atoms with E-state index in [1.807, 2.05) is 5.32 Å². The Hall–Kier alpha value is -2.88. The smallest absolute Gasteiger partial charge is 0.320 e. The van der Waals surface area contributed by atoms with E-state index in [1.54, 1.807) is 12.1 Å². The number of benzene rings is 2. The van der Waals surface area contributed by atoms with Crippen molar-refractivity contribution in [2.45, 2.75) is 34.3 Å². The first-order valence-corrected chi connectivity index (χ1v) is 10.8. The number of hydrogen-bond acceptors (Lipinski definition) is 3. The minimum atomic E-state index is -7.15. The summed E-state index contributed by atoms with van der Waals surface area (Å²) in [6.07, 6.45) is -12.7. The normalized spacial score (nSPS) is 14.9. The molecule has 0 aliphatic rings. The molecule has 206 valence electrons. The molecule has 3 aromatic rings. The van der Waals surface area contributed by atoms with E-state index in [2.05, 4.69) is 4.98 Å². The highest BCUT2D eigenvalue weighted by Crippen LogP contribution is 2.59. The maximum absolute atomic E-state index is 14.9. The van der Waals surface area contributed by atoms with Crippen molar-refractivity contribution in [3.05, 3.63) is 64.8 Å². The van der Waals surface area contributed by atoms with Gasteiger partial charge in [0.15, 0.2) is 0 Å². The zero-order valence-electron chi connectivity index (χ0n) is 17.8. The number of nitrogens with zero attached hydrogens (tertiary/aromatic N) is 1. The third-order valence-corrected chi connectivity index (χ3v) is 6.03. The molecule has 0 saturated carbocycles. The van der Waals surface area contributed by atoms with Crippen LogP contribution in [0.5, 0.6) is 0 Å². The molecule has 38 heavy (non-hydrogen) atoms. The lowest BCUT2D eigenvalue weighted by Crippen LogP contribution is -2.59. The molecule has 2 aromatic carbocycles. The van der Waals surface area contributed by atoms with Crippen LogP contribution in [-0.2, 0) is 5.67 Å². The summed E-state index contributed by atoms with van der Waals surface area (Å²) in [4.78, 5) is 15.0. The number of anilines is 1. The van der Waals surface area contributed by atoms with Crippen LogP contribution in [0.25, 0.3) is 10.9 Å². The summed E-state index contributed by atoms with van der Waals surface area (Å²) in [7, 11) is 0. The first-order valence-electron chi connectivity index (χ1n) is 9.65. The number of thioether (sulfide) groups is 1. The summed E-state index contributed by atoms with van der Waals surface area (Å²) in [5.41, 5.74) is -15.6. The molecule has 0 spiro atoms. The Morgan fingerprint density at radius 1 is 0.842 bits per heavy atom. The van der Waals surface area contributed by atoms with Crippen molar-refractivity contribution < 1.29 is 57.5 Å². The molecule has 0 aliphatic heterocycles. The van der Waals surface area contributed by atoms with E-state index in [-0.39, 0.29) is 17.1 Å². The number of fused-ring (bicyclic) bond motifs is 1. The van der Waals surface area contributed by atoms with Crippen LogP contribution in [0.15, 0.2) is 53.6 Å². The summed E-state index contributed by atoms with van der Waals surface area (Å²) in [6, 6.07) is 5.98. The second-order valence-electron chi connectivity index (χ2n) is 7.47. The van der Waals surface area contributed by atoms with Gasteiger partial charge in [0.05, 0.1) is 16.2 Å². The van der Waals surface area contributed by atoms with Gasteiger partial charge in [0.2, 0.25) is 0 Å². The topological polar surface area (TPSA) is 42.0 Å². The van der Waals surface area contributed by atoms with Crippen LogP contribution in [0.4, 0.5) is 58.4 Å². The largest absolute Gasteiger partial charge is 0.457 e. The zero-order chi connectivity index (χ0) is 28.9. The van der Waals surface area contributed by atoms with Gasteiger partial charge in [-0.1, -0.05) is 23.7 Å². The van der Waals surface area contributed by atoms with Crippen molar-refractivity contribution in [2.24, 2.45) is 0 Å². The Bertz CT molecular complexity index is 1370. The lowest BCUT2D eigenvalue weighted by molar-refractivity contribution is -0.389. The number of aromatic nitrogens is 1. The van der Waals surface area contributed by atoms with E-state index < -0.39 is 74.4 Å². The van der Waals surface area contributed by atoms with Gasteiger partial charge in [0.1, 0.15) is 0 Å². The van der Waals surface area contributed by atoms with Gasteiger partial charge in [-0.25, -0.2) is 4.39 Å². The van der Waals surface area contributed by atoms with Gasteiger partial charge in [0.25, 0.3) is 5.91 Å². The Morgan fingerprint density at radius 3 is 2.03 bits per heavy atom. The molecule has 17 heteroatoms. The van der Waals surface area contributed by atoms with Crippen molar-refractivity contribution in [2.75, 3.05) is 5.32 Å². The number of carbonyl (C=O) groups is 1. The van der Waals surface area contributed by atoms with E-state index >= 15 is 0 Å². The second kappa shape index (κ2) is 9.70. The molecule has 0 bridgehead atoms. The quantitative estimate of drug-likeness (QED) is 0.235. The third kappa shape index (κ3) is 5.46. The molecule has 0 aliphatic carbocycles. The van der Waals surface area contributed by atoms with Crippen LogP contribution in [0.1, 0.15) is 15.9 Å². The number of hydrogen-bond donors (Lipinski definition) is 1. The monoisotopic (exact) mass is 600 g/mol. The number of pyridine rings is 1. The van der Waals surface area contributed by atoms with Crippen molar-refractivity contribution in [3.8, 4) is 0 Å². The van der Waals surface area contributed by atoms with Gasteiger partial charge in [-0.05, 0) is 42.1 Å². The van der Waals surface area contributed by atoms with Crippen LogP contribution < -0.4 is 5.32 Å². The minimum absolute atomic E-state index is 0.244. The molecule has 1 amide bonds. The van der Waals surface area contributed by atoms with E-state index in [0.29, 0.717) is 5.39 Å². The highest BCUT2D eigenvalue weighted by Gasteiger charge is 2.81. The maximum atomic E-state index is 14.9. The molecule has 1 N–H and O–H groups in total. The average molecular weight is 601 g/mol. The van der Waals surface area contributed by atoms with E-state index in [4.69, 9.17) is 11.6 Å². The summed E-state index contributed by atoms with van der Waals surface area (Å²) in [5, 5.41) is 0.991. The van der Waals surface area contributed by atoms with Crippen LogP contribution in [0.3, 0.4) is 0 Å². The fraction of sp³-hybridized carbons (Fsp3) is 0.238. The van der Waals surface area contributed by atoms with Gasteiger partial charge in [-0.3, -0.25) is 9.78 Å². The molecular formula is C21H9ClF12N2OS. The lowest BCUT2D eigenvalue weighted by atomic mass is 9.87. The Balaban J connectivity index is 2.18. The highest BCUT2D eigenvalue weighted by molar-refractivity contribution is 8.00. The number of halogens is 13. The predicted molar refractivity (Wildman–Crippen MR) is 113 cm³/mol. The number of amides is 1. The van der Waals surface area contributed by atoms with Gasteiger partial charge in [-0.2, -0.15) is 48.3 Å². The molecule has 1 unspecified atom stereocenters. The van der Waals surface area contributed by atoms with Crippen molar-refractivity contribution in [1.29, 1.82) is 0 Å². The van der Waals surface area contributed by atoms with Gasteiger partial charge >= 0.3 is 29.5 Å². The van der Waals surface area contributed by atoms with E-state index in [1.165, 1.54) is 24.4 Å². The molecule has 1 atom stereocenters. The molecule has 3 rings (SSSR count).